The lowest BCUT2D eigenvalue weighted by atomic mass is 10.1. The van der Waals surface area contributed by atoms with Crippen molar-refractivity contribution in [2.45, 2.75) is 46.7 Å². The van der Waals surface area contributed by atoms with Crippen LogP contribution in [0.4, 0.5) is 0 Å². The Morgan fingerprint density at radius 2 is 1.76 bits per heavy atom. The number of rotatable bonds is 6. The number of nitrogens with zero attached hydrogens (tertiary/aromatic N) is 1. The average Bonchev–Trinajstić information content (AvgIpc) is 2.88. The van der Waals surface area contributed by atoms with Gasteiger partial charge in [-0.3, -0.25) is 4.79 Å². The van der Waals surface area contributed by atoms with Crippen LogP contribution in [-0.2, 0) is 9.53 Å². The number of aryl methyl sites for hydroxylation is 1. The number of carbonyl (C=O) groups excluding carboxylic acids is 2. The minimum absolute atomic E-state index is 0.140. The van der Waals surface area contributed by atoms with Crippen LogP contribution in [0.25, 0.3) is 0 Å². The fourth-order valence-electron chi connectivity index (χ4n) is 3.10. The monoisotopic (exact) mass is 342 g/mol. The van der Waals surface area contributed by atoms with Crippen molar-refractivity contribution in [2.75, 3.05) is 6.61 Å². The van der Waals surface area contributed by atoms with Gasteiger partial charge in [0.15, 0.2) is 6.61 Å². The van der Waals surface area contributed by atoms with Gasteiger partial charge in [0.05, 0.1) is 11.6 Å². The van der Waals surface area contributed by atoms with Crippen molar-refractivity contribution in [3.63, 3.8) is 0 Å². The van der Waals surface area contributed by atoms with Crippen molar-refractivity contribution in [3.05, 3.63) is 58.9 Å². The van der Waals surface area contributed by atoms with Gasteiger partial charge in [-0.1, -0.05) is 30.3 Å². The molecule has 0 saturated heterocycles. The largest absolute Gasteiger partial charge is 0.452 e. The third kappa shape index (κ3) is 4.50. The topological polar surface area (TPSA) is 60.3 Å². The number of ether oxygens (including phenoxy) is 1. The molecule has 1 aromatic heterocycles. The van der Waals surface area contributed by atoms with E-state index in [-0.39, 0.29) is 24.6 Å². The first-order valence-corrected chi connectivity index (χ1v) is 8.51. The van der Waals surface area contributed by atoms with E-state index in [0.717, 1.165) is 17.0 Å². The molecule has 0 fully saturated rings. The van der Waals surface area contributed by atoms with Gasteiger partial charge in [-0.2, -0.15) is 0 Å². The van der Waals surface area contributed by atoms with Crippen molar-refractivity contribution < 1.29 is 14.3 Å². The van der Waals surface area contributed by atoms with Crippen LogP contribution in [0.5, 0.6) is 0 Å². The van der Waals surface area contributed by atoms with E-state index in [1.165, 1.54) is 0 Å². The lowest BCUT2D eigenvalue weighted by Crippen LogP contribution is -2.31. The zero-order chi connectivity index (χ0) is 18.6. The molecule has 134 valence electrons. The maximum absolute atomic E-state index is 12.3. The summed E-state index contributed by atoms with van der Waals surface area (Å²) in [6.45, 7) is 9.58. The van der Waals surface area contributed by atoms with Crippen LogP contribution in [0.3, 0.4) is 0 Å². The zero-order valence-corrected chi connectivity index (χ0v) is 15.5. The van der Waals surface area contributed by atoms with E-state index in [0.29, 0.717) is 5.56 Å². The SMILES string of the molecule is Cc1cc(C(=O)OCC(=O)N[C@@H](C)c2ccccc2)c(C)n1C(C)C. The molecule has 0 radical (unpaired) electrons. The first-order chi connectivity index (χ1) is 11.8. The highest BCUT2D eigenvalue weighted by Gasteiger charge is 2.19. The molecule has 1 atom stereocenters. The Labute approximate surface area is 149 Å². The van der Waals surface area contributed by atoms with E-state index in [1.54, 1.807) is 0 Å². The van der Waals surface area contributed by atoms with Crippen LogP contribution in [0.2, 0.25) is 0 Å². The summed E-state index contributed by atoms with van der Waals surface area (Å²) < 4.78 is 7.27. The Kier molecular flexibility index (Phi) is 6.02. The molecule has 2 rings (SSSR count). The molecule has 0 saturated carbocycles. The molecule has 0 aliphatic carbocycles. The molecule has 1 heterocycles. The number of nitrogens with one attached hydrogen (secondary N) is 1. The summed E-state index contributed by atoms with van der Waals surface area (Å²) in [6, 6.07) is 11.6. The van der Waals surface area contributed by atoms with Gasteiger partial charge in [0.2, 0.25) is 0 Å². The highest BCUT2D eigenvalue weighted by molar-refractivity contribution is 5.92. The van der Waals surface area contributed by atoms with Crippen LogP contribution >= 0.6 is 0 Å². The summed E-state index contributed by atoms with van der Waals surface area (Å²) in [4.78, 5) is 24.3. The fraction of sp³-hybridized carbons (Fsp3) is 0.400. The number of esters is 1. The summed E-state index contributed by atoms with van der Waals surface area (Å²) >= 11 is 0. The van der Waals surface area contributed by atoms with E-state index in [4.69, 9.17) is 4.74 Å². The number of hydrogen-bond acceptors (Lipinski definition) is 3. The minimum atomic E-state index is -0.470. The second-order valence-electron chi connectivity index (χ2n) is 6.52. The van der Waals surface area contributed by atoms with Gasteiger partial charge in [-0.15, -0.1) is 0 Å². The fourth-order valence-corrected chi connectivity index (χ4v) is 3.10. The molecule has 1 aromatic carbocycles. The number of aromatic nitrogens is 1. The Morgan fingerprint density at radius 3 is 2.32 bits per heavy atom. The number of carbonyl (C=O) groups is 2. The molecule has 0 spiro atoms. The van der Waals surface area contributed by atoms with Gasteiger partial charge in [0.25, 0.3) is 5.91 Å². The summed E-state index contributed by atoms with van der Waals surface area (Å²) in [5.74, 6) is -0.787. The minimum Gasteiger partial charge on any atom is -0.452 e. The van der Waals surface area contributed by atoms with Crippen LogP contribution < -0.4 is 5.32 Å². The van der Waals surface area contributed by atoms with Crippen molar-refractivity contribution >= 4 is 11.9 Å². The third-order valence-corrected chi connectivity index (χ3v) is 4.23. The van der Waals surface area contributed by atoms with Gasteiger partial charge in [-0.25, -0.2) is 4.79 Å². The highest BCUT2D eigenvalue weighted by Crippen LogP contribution is 2.20. The second-order valence-corrected chi connectivity index (χ2v) is 6.52. The Hall–Kier alpha value is -2.56. The van der Waals surface area contributed by atoms with Crippen LogP contribution in [0.1, 0.15) is 60.2 Å². The predicted octanol–water partition coefficient (Wildman–Crippen LogP) is 3.72. The molecule has 0 aliphatic heterocycles. The van der Waals surface area contributed by atoms with Crippen molar-refractivity contribution in [3.8, 4) is 0 Å². The average molecular weight is 342 g/mol. The van der Waals surface area contributed by atoms with Crippen molar-refractivity contribution in [2.24, 2.45) is 0 Å². The Morgan fingerprint density at radius 1 is 1.12 bits per heavy atom. The third-order valence-electron chi connectivity index (χ3n) is 4.23. The van der Waals surface area contributed by atoms with Crippen molar-refractivity contribution in [1.82, 2.24) is 9.88 Å². The Bertz CT molecular complexity index is 748. The van der Waals surface area contributed by atoms with Crippen molar-refractivity contribution in [1.29, 1.82) is 0 Å². The van der Waals surface area contributed by atoms with Gasteiger partial charge in [0.1, 0.15) is 0 Å². The van der Waals surface area contributed by atoms with Gasteiger partial charge in [-0.05, 0) is 46.2 Å². The molecular weight excluding hydrogens is 316 g/mol. The normalized spacial score (nSPS) is 12.1. The van der Waals surface area contributed by atoms with E-state index in [9.17, 15) is 9.59 Å². The van der Waals surface area contributed by atoms with Crippen LogP contribution in [0.15, 0.2) is 36.4 Å². The lowest BCUT2D eigenvalue weighted by Gasteiger charge is -2.15. The van der Waals surface area contributed by atoms with E-state index in [2.05, 4.69) is 23.7 Å². The predicted molar refractivity (Wildman–Crippen MR) is 97.6 cm³/mol. The van der Waals surface area contributed by atoms with Crippen LogP contribution in [-0.4, -0.2) is 23.1 Å². The smallest absolute Gasteiger partial charge is 0.340 e. The number of amides is 1. The molecule has 0 aliphatic rings. The summed E-state index contributed by atoms with van der Waals surface area (Å²) in [5.41, 5.74) is 3.37. The Balaban J connectivity index is 1.94. The first kappa shape index (κ1) is 18.8. The molecule has 1 amide bonds. The maximum Gasteiger partial charge on any atom is 0.340 e. The number of benzene rings is 1. The molecule has 25 heavy (non-hydrogen) atoms. The van der Waals surface area contributed by atoms with Gasteiger partial charge < -0.3 is 14.6 Å². The zero-order valence-electron chi connectivity index (χ0n) is 15.5. The molecular formula is C20H26N2O3. The lowest BCUT2D eigenvalue weighted by molar-refractivity contribution is -0.124. The number of hydrogen-bond donors (Lipinski definition) is 1. The molecule has 5 heteroatoms. The van der Waals surface area contributed by atoms with E-state index < -0.39 is 5.97 Å². The summed E-state index contributed by atoms with van der Waals surface area (Å²) in [5, 5.41) is 2.83. The standard InChI is InChI=1S/C20H26N2O3/c1-13(2)22-14(3)11-18(16(22)5)20(24)25-12-19(23)21-15(4)17-9-7-6-8-10-17/h6-11,13,15H,12H2,1-5H3,(H,21,23)/t15-/m0/s1. The summed E-state index contributed by atoms with van der Waals surface area (Å²) in [6.07, 6.45) is 0. The quantitative estimate of drug-likeness (QED) is 0.814. The molecule has 2 aromatic rings. The van der Waals surface area contributed by atoms with Gasteiger partial charge in [0, 0.05) is 17.4 Å². The first-order valence-electron chi connectivity index (χ1n) is 8.51. The molecule has 1 N–H and O–H groups in total. The van der Waals surface area contributed by atoms with Crippen LogP contribution in [0, 0.1) is 13.8 Å². The maximum atomic E-state index is 12.3. The molecule has 0 unspecified atom stereocenters. The summed E-state index contributed by atoms with van der Waals surface area (Å²) in [7, 11) is 0. The highest BCUT2D eigenvalue weighted by atomic mass is 16.5. The van der Waals surface area contributed by atoms with Gasteiger partial charge >= 0.3 is 5.97 Å². The van der Waals surface area contributed by atoms with E-state index >= 15 is 0 Å². The van der Waals surface area contributed by atoms with E-state index in [1.807, 2.05) is 57.2 Å². The molecule has 0 bridgehead atoms. The second kappa shape index (κ2) is 8.01. The molecule has 5 nitrogen and oxygen atoms in total.